The number of nitrogens with two attached hydrogens (primary N) is 2. The van der Waals surface area contributed by atoms with E-state index in [0.717, 1.165) is 11.8 Å². The van der Waals surface area contributed by atoms with Crippen molar-refractivity contribution in [1.82, 2.24) is 14.2 Å². The molecule has 0 radical (unpaired) electrons. The van der Waals surface area contributed by atoms with E-state index < -0.39 is 43.9 Å². The number of nitrogens with zero attached hydrogens (tertiary/aromatic N) is 3. The number of hydrogen-bond acceptors (Lipinski definition) is 12. The van der Waals surface area contributed by atoms with E-state index in [4.69, 9.17) is 30.0 Å². The van der Waals surface area contributed by atoms with Crippen LogP contribution in [0.25, 0.3) is 0 Å². The van der Waals surface area contributed by atoms with E-state index in [-0.39, 0.29) is 36.5 Å². The van der Waals surface area contributed by atoms with Crippen molar-refractivity contribution in [2.24, 2.45) is 11.7 Å². The summed E-state index contributed by atoms with van der Waals surface area (Å²) in [6, 6.07) is 0.587. The smallest absolute Gasteiger partial charge is 0.407 e. The molecule has 15 heteroatoms. The number of anilines is 1. The van der Waals surface area contributed by atoms with Crippen LogP contribution in [0, 0.1) is 5.92 Å². The number of thioether (sulfide) groups is 1. The van der Waals surface area contributed by atoms with E-state index in [0.29, 0.717) is 5.75 Å². The molecular formula is C20H34N5O8PS. The van der Waals surface area contributed by atoms with Crippen molar-refractivity contribution in [1.29, 1.82) is 0 Å². The second kappa shape index (κ2) is 12.9. The molecule has 3 unspecified atom stereocenters. The van der Waals surface area contributed by atoms with Crippen molar-refractivity contribution in [2.45, 2.75) is 51.7 Å². The summed E-state index contributed by atoms with van der Waals surface area (Å²) in [4.78, 5) is 39.6. The maximum Gasteiger partial charge on any atom is 0.407 e. The predicted octanol–water partition coefficient (Wildman–Crippen LogP) is 0.991. The molecule has 0 amide bonds. The number of hydrogen-bond donors (Lipinski definition) is 2. The number of aromatic nitrogens is 2. The third-order valence-electron chi connectivity index (χ3n) is 5.14. The van der Waals surface area contributed by atoms with Crippen molar-refractivity contribution in [3.63, 3.8) is 0 Å². The second-order valence-corrected chi connectivity index (χ2v) is 12.0. The average molecular weight is 536 g/mol. The molecule has 0 aromatic carbocycles. The lowest BCUT2D eigenvalue weighted by Gasteiger charge is -2.27. The Kier molecular flexibility index (Phi) is 10.9. The first-order valence-corrected chi connectivity index (χ1v) is 13.5. The molecule has 35 heavy (non-hydrogen) atoms. The van der Waals surface area contributed by atoms with Crippen LogP contribution in [-0.2, 0) is 32.7 Å². The largest absolute Gasteiger partial charge is 0.458 e. The van der Waals surface area contributed by atoms with Crippen LogP contribution >= 0.6 is 19.5 Å². The third kappa shape index (κ3) is 8.38. The minimum absolute atomic E-state index is 0.0159. The van der Waals surface area contributed by atoms with E-state index in [1.807, 2.05) is 0 Å². The van der Waals surface area contributed by atoms with E-state index in [2.05, 4.69) is 4.98 Å². The van der Waals surface area contributed by atoms with Gasteiger partial charge >= 0.3 is 19.4 Å². The Morgan fingerprint density at radius 3 is 2.63 bits per heavy atom. The van der Waals surface area contributed by atoms with Gasteiger partial charge in [0.15, 0.2) is 5.12 Å². The summed E-state index contributed by atoms with van der Waals surface area (Å²) in [5.41, 5.74) is 10.8. The lowest BCUT2D eigenvalue weighted by Crippen LogP contribution is -2.41. The van der Waals surface area contributed by atoms with Gasteiger partial charge in [-0.3, -0.25) is 23.2 Å². The minimum Gasteiger partial charge on any atom is -0.458 e. The summed E-state index contributed by atoms with van der Waals surface area (Å²) in [6.45, 7) is 4.75. The molecule has 1 aliphatic rings. The van der Waals surface area contributed by atoms with Crippen molar-refractivity contribution in [3.05, 3.63) is 22.7 Å². The van der Waals surface area contributed by atoms with Gasteiger partial charge < -0.3 is 20.9 Å². The number of esters is 1. The second-order valence-electron chi connectivity index (χ2n) is 8.44. The molecule has 1 saturated heterocycles. The Morgan fingerprint density at radius 2 is 2.06 bits per heavy atom. The third-order valence-corrected chi connectivity index (χ3v) is 7.88. The maximum absolute atomic E-state index is 13.2. The van der Waals surface area contributed by atoms with Gasteiger partial charge in [-0.05, 0) is 26.1 Å². The fraction of sp³-hybridized carbons (Fsp3) is 0.700. The Hall–Kier alpha value is -1.80. The van der Waals surface area contributed by atoms with Crippen molar-refractivity contribution >= 4 is 36.4 Å². The summed E-state index contributed by atoms with van der Waals surface area (Å²) >= 11 is 1.04. The molecule has 4 N–H and O–H groups in total. The van der Waals surface area contributed by atoms with Gasteiger partial charge in [0.05, 0.1) is 13.2 Å². The topological polar surface area (TPSA) is 178 Å². The molecule has 1 aromatic heterocycles. The van der Waals surface area contributed by atoms with Crippen LogP contribution in [0.2, 0.25) is 0 Å². The monoisotopic (exact) mass is 535 g/mol. The van der Waals surface area contributed by atoms with Crippen molar-refractivity contribution in [3.8, 4) is 0 Å². The first-order valence-electron chi connectivity index (χ1n) is 11.0. The predicted molar refractivity (Wildman–Crippen MR) is 130 cm³/mol. The van der Waals surface area contributed by atoms with Gasteiger partial charge in [-0.1, -0.05) is 25.6 Å². The van der Waals surface area contributed by atoms with Crippen LogP contribution in [-0.4, -0.2) is 76.6 Å². The van der Waals surface area contributed by atoms with Crippen molar-refractivity contribution in [2.75, 3.05) is 38.8 Å². The number of ether oxygens (including phenoxy) is 2. The van der Waals surface area contributed by atoms with Crippen LogP contribution in [0.5, 0.6) is 0 Å². The zero-order valence-electron chi connectivity index (χ0n) is 20.5. The molecule has 13 nitrogen and oxygen atoms in total. The van der Waals surface area contributed by atoms with Crippen LogP contribution in [0.1, 0.15) is 33.4 Å². The lowest BCUT2D eigenvalue weighted by atomic mass is 10.1. The maximum atomic E-state index is 13.2. The highest BCUT2D eigenvalue weighted by atomic mass is 32.2. The number of carbonyl (C=O) groups excluding carboxylic acids is 2. The highest BCUT2D eigenvalue weighted by molar-refractivity contribution is 8.13. The zero-order chi connectivity index (χ0) is 26.3. The number of rotatable bonds is 12. The lowest BCUT2D eigenvalue weighted by molar-refractivity contribution is -0.155. The van der Waals surface area contributed by atoms with Crippen LogP contribution in [0.15, 0.2) is 17.1 Å². The Labute approximate surface area is 208 Å². The average Bonchev–Trinajstić information content (AvgIpc) is 3.16. The first-order chi connectivity index (χ1) is 16.3. The van der Waals surface area contributed by atoms with Gasteiger partial charge in [0.1, 0.15) is 30.3 Å². The van der Waals surface area contributed by atoms with Gasteiger partial charge in [-0.2, -0.15) is 4.98 Å². The molecule has 0 bridgehead atoms. The van der Waals surface area contributed by atoms with Crippen molar-refractivity contribution < 1.29 is 32.7 Å². The van der Waals surface area contributed by atoms with Crippen LogP contribution in [0.3, 0.4) is 0 Å². The normalized spacial score (nSPS) is 22.8. The standard InChI is InChI=1S/C20H34N5O8PS/c1-12(2)18(22)19(27)33-14-10-17(25-7-6-16(21)23-20(25)28)32-15(14)11-31-34(29,24(4)5)30-8-9-35-13(3)26/h6-7,12,14-15,17-18H,8-11,22H2,1-5H3,(H2,21,23,28)/t14?,15-,17-,18?,34?/m1/s1. The fourth-order valence-electron chi connectivity index (χ4n) is 3.06. The molecule has 1 aliphatic heterocycles. The number of carbonyl (C=O) groups is 2. The molecule has 5 atom stereocenters. The Morgan fingerprint density at radius 1 is 1.37 bits per heavy atom. The van der Waals surface area contributed by atoms with E-state index in [9.17, 15) is 18.9 Å². The van der Waals surface area contributed by atoms with Crippen LogP contribution < -0.4 is 17.2 Å². The molecule has 2 heterocycles. The van der Waals surface area contributed by atoms with Gasteiger partial charge in [-0.25, -0.2) is 14.0 Å². The quantitative estimate of drug-likeness (QED) is 0.220. The zero-order valence-corrected chi connectivity index (χ0v) is 22.2. The molecule has 1 aromatic rings. The highest BCUT2D eigenvalue weighted by Crippen LogP contribution is 2.50. The summed E-state index contributed by atoms with van der Waals surface area (Å²) in [7, 11) is -0.693. The minimum atomic E-state index is -3.74. The SMILES string of the molecule is CC(=O)SCCOP(=O)(OC[C@H]1O[C@@H](n2ccc(N)nc2=O)CC1OC(=O)C(N)C(C)C)N(C)C. The highest BCUT2D eigenvalue weighted by Gasteiger charge is 2.42. The van der Waals surface area contributed by atoms with Gasteiger partial charge in [-0.15, -0.1) is 0 Å². The molecule has 2 rings (SSSR count). The Balaban J connectivity index is 2.17. The Bertz CT molecular complexity index is 991. The molecule has 0 spiro atoms. The summed E-state index contributed by atoms with van der Waals surface area (Å²) in [5, 5.41) is -0.0868. The molecule has 1 fully saturated rings. The molecule has 0 aliphatic carbocycles. The summed E-state index contributed by atoms with van der Waals surface area (Å²) in [5.74, 6) is -0.425. The fourth-order valence-corrected chi connectivity index (χ4v) is 4.84. The summed E-state index contributed by atoms with van der Waals surface area (Å²) < 4.78 is 38.4. The molecule has 198 valence electrons. The van der Waals surface area contributed by atoms with Crippen LogP contribution in [0.4, 0.5) is 5.82 Å². The van der Waals surface area contributed by atoms with E-state index in [1.165, 1.54) is 42.5 Å². The summed E-state index contributed by atoms with van der Waals surface area (Å²) in [6.07, 6.45) is -1.01. The van der Waals surface area contributed by atoms with Gasteiger partial charge in [0, 0.05) is 25.3 Å². The molecular weight excluding hydrogens is 501 g/mol. The number of nitrogen functional groups attached to an aromatic ring is 1. The van der Waals surface area contributed by atoms with E-state index >= 15 is 0 Å². The van der Waals surface area contributed by atoms with E-state index in [1.54, 1.807) is 13.8 Å². The van der Waals surface area contributed by atoms with Gasteiger partial charge in [0.25, 0.3) is 0 Å². The first kappa shape index (κ1) is 29.4. The van der Waals surface area contributed by atoms with Gasteiger partial charge in [0.2, 0.25) is 0 Å². The molecule has 0 saturated carbocycles.